The van der Waals surface area contributed by atoms with Gasteiger partial charge in [-0.2, -0.15) is 4.98 Å². The van der Waals surface area contributed by atoms with E-state index >= 15 is 0 Å². The Morgan fingerprint density at radius 2 is 2.25 bits per heavy atom. The summed E-state index contributed by atoms with van der Waals surface area (Å²) in [5.41, 5.74) is 0.942. The van der Waals surface area contributed by atoms with Crippen LogP contribution in [0.4, 0.5) is 10.4 Å². The lowest BCUT2D eigenvalue weighted by Gasteiger charge is -2.25. The van der Waals surface area contributed by atoms with Gasteiger partial charge in [-0.3, -0.25) is 4.90 Å². The van der Waals surface area contributed by atoms with Gasteiger partial charge < -0.3 is 9.84 Å². The molecule has 0 radical (unpaired) electrons. The molecular formula is C17H22ClFN4O. The smallest absolute Gasteiger partial charge is 0.321 e. The summed E-state index contributed by atoms with van der Waals surface area (Å²) >= 11 is 5.80. The zero-order valence-electron chi connectivity index (χ0n) is 14.1. The number of rotatable bonds is 5. The lowest BCUT2D eigenvalue weighted by Crippen LogP contribution is -2.25. The first-order valence-corrected chi connectivity index (χ1v) is 8.56. The van der Waals surface area contributed by atoms with Gasteiger partial charge in [0.25, 0.3) is 0 Å². The second kappa shape index (κ2) is 7.07. The van der Waals surface area contributed by atoms with Crippen LogP contribution in [0.2, 0.25) is 5.02 Å². The Balaban J connectivity index is 1.70. The van der Waals surface area contributed by atoms with E-state index in [4.69, 9.17) is 16.1 Å². The number of nitrogens with zero attached hydrogens (tertiary/aromatic N) is 3. The number of hydrogen-bond acceptors (Lipinski definition) is 5. The average molecular weight is 353 g/mol. The molecule has 1 aromatic carbocycles. The fourth-order valence-corrected chi connectivity index (χ4v) is 3.34. The molecule has 1 N–H and O–H groups in total. The highest BCUT2D eigenvalue weighted by Crippen LogP contribution is 2.37. The molecule has 5 nitrogen and oxygen atoms in total. The van der Waals surface area contributed by atoms with E-state index in [-0.39, 0.29) is 22.8 Å². The number of halogens is 2. The zero-order valence-corrected chi connectivity index (χ0v) is 14.8. The van der Waals surface area contributed by atoms with Gasteiger partial charge in [0.15, 0.2) is 5.82 Å². The minimum atomic E-state index is -0.375. The quantitative estimate of drug-likeness (QED) is 0.878. The molecule has 3 rings (SSSR count). The molecule has 0 bridgehead atoms. The van der Waals surface area contributed by atoms with E-state index in [2.05, 4.69) is 27.4 Å². The Kier molecular flexibility index (Phi) is 5.06. The molecule has 0 aliphatic carbocycles. The maximum Gasteiger partial charge on any atom is 0.321 e. The Labute approximate surface area is 146 Å². The Bertz CT molecular complexity index is 706. The van der Waals surface area contributed by atoms with E-state index in [0.717, 1.165) is 18.5 Å². The third kappa shape index (κ3) is 3.54. The van der Waals surface area contributed by atoms with Crippen LogP contribution in [0.1, 0.15) is 43.6 Å². The summed E-state index contributed by atoms with van der Waals surface area (Å²) in [5, 5.41) is 7.33. The van der Waals surface area contributed by atoms with Crippen molar-refractivity contribution in [3.05, 3.63) is 40.4 Å². The van der Waals surface area contributed by atoms with Crippen LogP contribution in [0.3, 0.4) is 0 Å². The topological polar surface area (TPSA) is 54.2 Å². The average Bonchev–Trinajstić information content (AvgIpc) is 3.15. The number of nitrogens with one attached hydrogen (secondary N) is 1. The van der Waals surface area contributed by atoms with Crippen molar-refractivity contribution in [2.75, 3.05) is 25.5 Å². The lowest BCUT2D eigenvalue weighted by atomic mass is 9.93. The minimum Gasteiger partial charge on any atom is -0.337 e. The van der Waals surface area contributed by atoms with Crippen LogP contribution >= 0.6 is 11.6 Å². The largest absolute Gasteiger partial charge is 0.337 e. The maximum absolute atomic E-state index is 13.8. The molecule has 1 aliphatic heterocycles. The molecular weight excluding hydrogens is 331 g/mol. The molecule has 0 spiro atoms. The molecule has 130 valence electrons. The molecule has 1 fully saturated rings. The van der Waals surface area contributed by atoms with Crippen molar-refractivity contribution in [1.29, 1.82) is 0 Å². The van der Waals surface area contributed by atoms with Gasteiger partial charge in [0.1, 0.15) is 5.82 Å². The van der Waals surface area contributed by atoms with Crippen molar-refractivity contribution in [2.45, 2.75) is 32.2 Å². The molecule has 7 heteroatoms. The van der Waals surface area contributed by atoms with Crippen LogP contribution in [-0.2, 0) is 0 Å². The molecule has 0 saturated carbocycles. The Morgan fingerprint density at radius 1 is 1.46 bits per heavy atom. The van der Waals surface area contributed by atoms with Gasteiger partial charge in [-0.05, 0) is 43.6 Å². The number of aromatic nitrogens is 2. The highest BCUT2D eigenvalue weighted by Gasteiger charge is 2.33. The van der Waals surface area contributed by atoms with E-state index in [1.807, 2.05) is 19.9 Å². The van der Waals surface area contributed by atoms with E-state index in [1.165, 1.54) is 6.07 Å². The molecule has 1 aliphatic rings. The fourth-order valence-electron chi connectivity index (χ4n) is 3.22. The highest BCUT2D eigenvalue weighted by molar-refractivity contribution is 6.30. The predicted octanol–water partition coefficient (Wildman–Crippen LogP) is 4.09. The third-order valence-electron chi connectivity index (χ3n) is 4.53. The second-order valence-electron chi connectivity index (χ2n) is 6.64. The number of anilines is 1. The summed E-state index contributed by atoms with van der Waals surface area (Å²) in [5.74, 6) is 0.869. The SMILES string of the molecule is CC(C)c1noc(NCC2CCN(C)C2c2ccc(Cl)c(F)c2)n1. The summed E-state index contributed by atoms with van der Waals surface area (Å²) in [7, 11) is 2.06. The predicted molar refractivity (Wildman–Crippen MR) is 91.8 cm³/mol. The standard InChI is InChI=1S/C17H22ClFN4O/c1-10(2)16-21-17(24-22-16)20-9-12-6-7-23(3)15(12)11-4-5-13(18)14(19)8-11/h4-5,8,10,12,15H,6-7,9H2,1-3H3,(H,20,21,22). The molecule has 2 aromatic rings. The lowest BCUT2D eigenvalue weighted by molar-refractivity contribution is 0.280. The number of benzene rings is 1. The minimum absolute atomic E-state index is 0.136. The summed E-state index contributed by atoms with van der Waals surface area (Å²) < 4.78 is 19.0. The van der Waals surface area contributed by atoms with Crippen LogP contribution in [0, 0.1) is 11.7 Å². The van der Waals surface area contributed by atoms with Crippen molar-refractivity contribution < 1.29 is 8.91 Å². The van der Waals surface area contributed by atoms with Crippen LogP contribution in [0.5, 0.6) is 0 Å². The Hall–Kier alpha value is -1.66. The first kappa shape index (κ1) is 17.2. The maximum atomic E-state index is 13.8. The van der Waals surface area contributed by atoms with Crippen LogP contribution in [0.15, 0.2) is 22.7 Å². The Morgan fingerprint density at radius 3 is 2.92 bits per heavy atom. The molecule has 1 aromatic heterocycles. The van der Waals surface area contributed by atoms with Crippen molar-refractivity contribution in [2.24, 2.45) is 5.92 Å². The van der Waals surface area contributed by atoms with Gasteiger partial charge in [-0.15, -0.1) is 0 Å². The first-order chi connectivity index (χ1) is 11.5. The normalized spacial score (nSPS) is 21.6. The van der Waals surface area contributed by atoms with Gasteiger partial charge in [0.2, 0.25) is 0 Å². The van der Waals surface area contributed by atoms with Crippen LogP contribution < -0.4 is 5.32 Å². The van der Waals surface area contributed by atoms with E-state index < -0.39 is 0 Å². The van der Waals surface area contributed by atoms with Gasteiger partial charge in [0, 0.05) is 18.5 Å². The fraction of sp³-hybridized carbons (Fsp3) is 0.529. The van der Waals surface area contributed by atoms with Gasteiger partial charge in [-0.25, -0.2) is 4.39 Å². The van der Waals surface area contributed by atoms with Crippen LogP contribution in [0.25, 0.3) is 0 Å². The van der Waals surface area contributed by atoms with Gasteiger partial charge in [0.05, 0.1) is 5.02 Å². The summed E-state index contributed by atoms with van der Waals surface area (Å²) in [4.78, 5) is 6.57. The van der Waals surface area contributed by atoms with E-state index in [0.29, 0.717) is 24.3 Å². The zero-order chi connectivity index (χ0) is 17.3. The number of likely N-dealkylation sites (tertiary alicyclic amines) is 1. The molecule has 2 unspecified atom stereocenters. The number of hydrogen-bond donors (Lipinski definition) is 1. The second-order valence-corrected chi connectivity index (χ2v) is 7.05. The van der Waals surface area contributed by atoms with E-state index in [1.54, 1.807) is 6.07 Å². The summed E-state index contributed by atoms with van der Waals surface area (Å²) in [6, 6.07) is 5.63. The summed E-state index contributed by atoms with van der Waals surface area (Å²) in [6.07, 6.45) is 1.02. The third-order valence-corrected chi connectivity index (χ3v) is 4.84. The van der Waals surface area contributed by atoms with Crippen LogP contribution in [-0.4, -0.2) is 35.2 Å². The summed E-state index contributed by atoms with van der Waals surface area (Å²) in [6.45, 7) is 5.69. The van der Waals surface area contributed by atoms with Crippen molar-refractivity contribution >= 4 is 17.6 Å². The molecule has 0 amide bonds. The molecule has 24 heavy (non-hydrogen) atoms. The van der Waals surface area contributed by atoms with Gasteiger partial charge in [-0.1, -0.05) is 36.7 Å². The van der Waals surface area contributed by atoms with Gasteiger partial charge >= 0.3 is 6.01 Å². The molecule has 2 atom stereocenters. The van der Waals surface area contributed by atoms with Crippen molar-refractivity contribution in [3.63, 3.8) is 0 Å². The van der Waals surface area contributed by atoms with Crippen molar-refractivity contribution in [1.82, 2.24) is 15.0 Å². The highest BCUT2D eigenvalue weighted by atomic mass is 35.5. The molecule has 2 heterocycles. The monoisotopic (exact) mass is 352 g/mol. The van der Waals surface area contributed by atoms with E-state index in [9.17, 15) is 4.39 Å². The van der Waals surface area contributed by atoms with Crippen molar-refractivity contribution in [3.8, 4) is 0 Å². The molecule has 1 saturated heterocycles. The first-order valence-electron chi connectivity index (χ1n) is 8.18.